The van der Waals surface area contributed by atoms with Crippen molar-refractivity contribution in [1.82, 2.24) is 10.3 Å². The van der Waals surface area contributed by atoms with Crippen molar-refractivity contribution in [2.24, 2.45) is 0 Å². The summed E-state index contributed by atoms with van der Waals surface area (Å²) in [6, 6.07) is 17.5. The summed E-state index contributed by atoms with van der Waals surface area (Å²) in [5.41, 5.74) is 2.40. The molecule has 0 radical (unpaired) electrons. The fraction of sp³-hybridized carbons (Fsp3) is 0.167. The Balaban J connectivity index is 1.86. The predicted molar refractivity (Wildman–Crippen MR) is 126 cm³/mol. The zero-order valence-corrected chi connectivity index (χ0v) is 18.6. The van der Waals surface area contributed by atoms with E-state index in [1.807, 2.05) is 12.1 Å². The Morgan fingerprint density at radius 2 is 1.81 bits per heavy atom. The van der Waals surface area contributed by atoms with Crippen LogP contribution in [0.5, 0.6) is 5.75 Å². The molecule has 1 aromatic heterocycles. The number of rotatable bonds is 7. The van der Waals surface area contributed by atoms with Gasteiger partial charge in [-0.25, -0.2) is 4.79 Å². The minimum atomic E-state index is -0.398. The van der Waals surface area contributed by atoms with Crippen LogP contribution in [0.2, 0.25) is 0 Å². The van der Waals surface area contributed by atoms with Crippen LogP contribution < -0.4 is 15.0 Å². The third kappa shape index (κ3) is 5.67. The number of methoxy groups -OCH3 is 1. The van der Waals surface area contributed by atoms with Crippen molar-refractivity contribution in [1.29, 1.82) is 0 Å². The number of nitrogens with one attached hydrogen (secondary N) is 1. The highest BCUT2D eigenvalue weighted by atomic mass is 32.1. The molecule has 3 rings (SSSR count). The first-order chi connectivity index (χ1) is 15.5. The standard InChI is InChI=1S/C24H23N3O4S/c1-3-31-23(29)18-10-12-19(13-11-18)27(16-17-7-6-14-25-15-17)24(32)26-22(28)20-8-4-5-9-21(20)30-2/h4-15H,3,16H2,1-2H3,(H,26,28,32). The maximum absolute atomic E-state index is 12.9. The van der Waals surface area contributed by atoms with Gasteiger partial charge in [-0.3, -0.25) is 15.1 Å². The number of carbonyl (C=O) groups is 2. The van der Waals surface area contributed by atoms with Crippen molar-refractivity contribution < 1.29 is 19.1 Å². The van der Waals surface area contributed by atoms with Gasteiger partial charge in [0.2, 0.25) is 0 Å². The first kappa shape index (κ1) is 22.9. The largest absolute Gasteiger partial charge is 0.496 e. The number of aromatic nitrogens is 1. The van der Waals surface area contributed by atoms with E-state index in [4.69, 9.17) is 21.7 Å². The van der Waals surface area contributed by atoms with E-state index in [1.54, 1.807) is 72.7 Å². The summed E-state index contributed by atoms with van der Waals surface area (Å²) in [5, 5.41) is 2.98. The molecule has 164 valence electrons. The highest BCUT2D eigenvalue weighted by molar-refractivity contribution is 7.80. The number of hydrogen-bond donors (Lipinski definition) is 1. The molecule has 0 spiro atoms. The molecule has 0 fully saturated rings. The number of carbonyl (C=O) groups excluding carboxylic acids is 2. The van der Waals surface area contributed by atoms with Gasteiger partial charge in [-0.1, -0.05) is 18.2 Å². The van der Waals surface area contributed by atoms with E-state index in [1.165, 1.54) is 7.11 Å². The molecule has 0 aliphatic heterocycles. The van der Waals surface area contributed by atoms with E-state index in [2.05, 4.69) is 10.3 Å². The number of amides is 1. The van der Waals surface area contributed by atoms with Gasteiger partial charge in [0.25, 0.3) is 5.91 Å². The van der Waals surface area contributed by atoms with Crippen molar-refractivity contribution in [3.8, 4) is 5.75 Å². The van der Waals surface area contributed by atoms with Crippen molar-refractivity contribution in [3.63, 3.8) is 0 Å². The molecular weight excluding hydrogens is 426 g/mol. The number of pyridine rings is 1. The van der Waals surface area contributed by atoms with Gasteiger partial charge in [-0.2, -0.15) is 0 Å². The third-order valence-electron chi connectivity index (χ3n) is 4.57. The normalized spacial score (nSPS) is 10.2. The number of esters is 1. The van der Waals surface area contributed by atoms with Crippen molar-refractivity contribution in [2.75, 3.05) is 18.6 Å². The second kappa shape index (κ2) is 11.0. The van der Waals surface area contributed by atoms with Gasteiger partial charge in [-0.05, 0) is 67.2 Å². The average molecular weight is 450 g/mol. The Bertz CT molecular complexity index is 1090. The number of benzene rings is 2. The van der Waals surface area contributed by atoms with Crippen LogP contribution in [0.1, 0.15) is 33.2 Å². The van der Waals surface area contributed by atoms with Crippen LogP contribution in [0.25, 0.3) is 0 Å². The van der Waals surface area contributed by atoms with Gasteiger partial charge < -0.3 is 14.4 Å². The second-order valence-electron chi connectivity index (χ2n) is 6.67. The molecule has 0 atom stereocenters. The minimum absolute atomic E-state index is 0.202. The molecular formula is C24H23N3O4S. The van der Waals surface area contributed by atoms with Crippen LogP contribution >= 0.6 is 12.2 Å². The van der Waals surface area contributed by atoms with E-state index in [0.717, 1.165) is 5.56 Å². The van der Waals surface area contributed by atoms with Crippen LogP contribution in [0, 0.1) is 0 Å². The monoisotopic (exact) mass is 449 g/mol. The van der Waals surface area contributed by atoms with Gasteiger partial charge in [0.15, 0.2) is 5.11 Å². The highest BCUT2D eigenvalue weighted by Crippen LogP contribution is 2.21. The molecule has 8 heteroatoms. The zero-order chi connectivity index (χ0) is 22.9. The lowest BCUT2D eigenvalue weighted by atomic mass is 10.1. The van der Waals surface area contributed by atoms with Crippen LogP contribution in [0.4, 0.5) is 5.69 Å². The fourth-order valence-corrected chi connectivity index (χ4v) is 3.27. The van der Waals surface area contributed by atoms with Gasteiger partial charge in [0.05, 0.1) is 31.4 Å². The van der Waals surface area contributed by atoms with Gasteiger partial charge in [0, 0.05) is 18.1 Å². The summed E-state index contributed by atoms with van der Waals surface area (Å²) in [4.78, 5) is 30.7. The molecule has 2 aromatic carbocycles. The minimum Gasteiger partial charge on any atom is -0.496 e. The van der Waals surface area contributed by atoms with E-state index >= 15 is 0 Å². The highest BCUT2D eigenvalue weighted by Gasteiger charge is 2.19. The number of ether oxygens (including phenoxy) is 2. The topological polar surface area (TPSA) is 80.8 Å². The van der Waals surface area contributed by atoms with Crippen molar-refractivity contribution >= 4 is 34.9 Å². The quantitative estimate of drug-likeness (QED) is 0.431. The summed E-state index contributed by atoms with van der Waals surface area (Å²) >= 11 is 5.58. The number of anilines is 1. The molecule has 0 unspecified atom stereocenters. The Kier molecular flexibility index (Phi) is 7.88. The van der Waals surface area contributed by atoms with Crippen LogP contribution in [0.3, 0.4) is 0 Å². The third-order valence-corrected chi connectivity index (χ3v) is 4.89. The average Bonchev–Trinajstić information content (AvgIpc) is 2.83. The van der Waals surface area contributed by atoms with Crippen molar-refractivity contribution in [2.45, 2.75) is 13.5 Å². The first-order valence-corrected chi connectivity index (χ1v) is 10.4. The molecule has 1 amide bonds. The summed E-state index contributed by atoms with van der Waals surface area (Å²) in [6.45, 7) is 2.43. The maximum atomic E-state index is 12.9. The predicted octanol–water partition coefficient (Wildman–Crippen LogP) is 3.99. The second-order valence-corrected chi connectivity index (χ2v) is 7.06. The molecule has 0 aliphatic carbocycles. The Hall–Kier alpha value is -3.78. The molecule has 1 N–H and O–H groups in total. The van der Waals surface area contributed by atoms with E-state index in [-0.39, 0.29) is 11.0 Å². The summed E-state index contributed by atoms with van der Waals surface area (Å²) in [5.74, 6) is -0.331. The molecule has 7 nitrogen and oxygen atoms in total. The number of thiocarbonyl (C=S) groups is 1. The maximum Gasteiger partial charge on any atom is 0.338 e. The summed E-state index contributed by atoms with van der Waals surface area (Å²) < 4.78 is 10.3. The summed E-state index contributed by atoms with van der Waals surface area (Å²) in [7, 11) is 1.50. The lowest BCUT2D eigenvalue weighted by Crippen LogP contribution is -2.42. The lowest BCUT2D eigenvalue weighted by molar-refractivity contribution is 0.0526. The van der Waals surface area contributed by atoms with Crippen molar-refractivity contribution in [3.05, 3.63) is 89.7 Å². The molecule has 0 bridgehead atoms. The number of hydrogen-bond acceptors (Lipinski definition) is 6. The molecule has 0 aliphatic rings. The molecule has 1 heterocycles. The fourth-order valence-electron chi connectivity index (χ4n) is 3.01. The smallest absolute Gasteiger partial charge is 0.338 e. The van der Waals surface area contributed by atoms with Crippen LogP contribution in [0.15, 0.2) is 73.1 Å². The molecule has 0 saturated carbocycles. The van der Waals surface area contributed by atoms with Gasteiger partial charge >= 0.3 is 5.97 Å². The zero-order valence-electron chi connectivity index (χ0n) is 17.8. The Labute approximate surface area is 192 Å². The Morgan fingerprint density at radius 1 is 1.06 bits per heavy atom. The number of nitrogens with zero attached hydrogens (tertiary/aromatic N) is 2. The van der Waals surface area contributed by atoms with Crippen LogP contribution in [-0.4, -0.2) is 35.7 Å². The number of para-hydroxylation sites is 1. The van der Waals surface area contributed by atoms with E-state index in [9.17, 15) is 9.59 Å². The SMILES string of the molecule is CCOC(=O)c1ccc(N(Cc2cccnc2)C(=S)NC(=O)c2ccccc2OC)cc1. The molecule has 0 saturated heterocycles. The van der Waals surface area contributed by atoms with Gasteiger partial charge in [0.1, 0.15) is 5.75 Å². The molecule has 3 aromatic rings. The van der Waals surface area contributed by atoms with E-state index < -0.39 is 5.97 Å². The van der Waals surface area contributed by atoms with Crippen LogP contribution in [-0.2, 0) is 11.3 Å². The first-order valence-electron chi connectivity index (χ1n) is 9.95. The summed E-state index contributed by atoms with van der Waals surface area (Å²) in [6.07, 6.45) is 3.41. The molecule has 32 heavy (non-hydrogen) atoms. The Morgan fingerprint density at radius 3 is 2.47 bits per heavy atom. The van der Waals surface area contributed by atoms with E-state index in [0.29, 0.717) is 35.7 Å². The van der Waals surface area contributed by atoms with Gasteiger partial charge in [-0.15, -0.1) is 0 Å². The lowest BCUT2D eigenvalue weighted by Gasteiger charge is -2.26.